The Balaban J connectivity index is 0.000000278. The Hall–Kier alpha value is -2.75. The third kappa shape index (κ3) is 8.86. The molecule has 3 rings (SSSR count). The molecule has 3 aromatic rings. The number of H-pyrrole nitrogens is 1. The first-order valence-electron chi connectivity index (χ1n) is 9.98. The van der Waals surface area contributed by atoms with Crippen molar-refractivity contribution in [1.82, 2.24) is 9.97 Å². The first kappa shape index (κ1) is 22.5. The lowest BCUT2D eigenvalue weighted by atomic mass is 9.70. The van der Waals surface area contributed by atoms with E-state index in [1.54, 1.807) is 6.33 Å². The molecule has 3 nitrogen and oxygen atoms in total. The third-order valence-corrected chi connectivity index (χ3v) is 3.99. The minimum absolute atomic E-state index is 0.154. The monoisotopic (exact) mass is 387 g/mol. The van der Waals surface area contributed by atoms with Crippen molar-refractivity contribution in [2.24, 2.45) is 0 Å². The minimum Gasteiger partial charge on any atom is -0.488 e. The number of aromatic nitrogens is 2. The van der Waals surface area contributed by atoms with Gasteiger partial charge in [-0.2, -0.15) is 0 Å². The van der Waals surface area contributed by atoms with E-state index in [-0.39, 0.29) is 11.0 Å². The van der Waals surface area contributed by atoms with E-state index >= 15 is 0 Å². The van der Waals surface area contributed by atoms with E-state index < -0.39 is 0 Å². The van der Waals surface area contributed by atoms with Crippen LogP contribution in [0, 0.1) is 0 Å². The summed E-state index contributed by atoms with van der Waals surface area (Å²) in [4.78, 5) is 7.00. The van der Waals surface area contributed by atoms with E-state index in [4.69, 9.17) is 4.74 Å². The topological polar surface area (TPSA) is 37.9 Å². The summed E-state index contributed by atoms with van der Waals surface area (Å²) in [5.74, 6) is 2.97. The van der Waals surface area contributed by atoms with Crippen LogP contribution in [0.1, 0.15) is 52.8 Å². The lowest BCUT2D eigenvalue weighted by Crippen LogP contribution is -2.23. The number of nitrogens with one attached hydrogen (secondary N) is 1. The zero-order valence-corrected chi connectivity index (χ0v) is 18.4. The Kier molecular flexibility index (Phi) is 7.89. The van der Waals surface area contributed by atoms with Crippen molar-refractivity contribution in [2.75, 3.05) is 0 Å². The Morgan fingerprint density at radius 1 is 0.897 bits per heavy atom. The molecule has 0 amide bonds. The van der Waals surface area contributed by atoms with Gasteiger partial charge in [0.05, 0.1) is 6.33 Å². The Morgan fingerprint density at radius 2 is 1.55 bits per heavy atom. The second-order valence-electron chi connectivity index (χ2n) is 8.94. The van der Waals surface area contributed by atoms with Crippen LogP contribution in [0.2, 0.25) is 0 Å². The number of hydrogen-bond acceptors (Lipinski definition) is 2. The van der Waals surface area contributed by atoms with Crippen LogP contribution in [0.3, 0.4) is 0 Å². The minimum atomic E-state index is -0.154. The van der Waals surface area contributed by atoms with Crippen molar-refractivity contribution in [3.05, 3.63) is 84.4 Å². The molecule has 0 atom stereocenters. The molecule has 0 fully saturated rings. The number of benzene rings is 2. The number of nitrogens with zero attached hydrogens (tertiary/aromatic N) is 1. The lowest BCUT2D eigenvalue weighted by molar-refractivity contribution is 0.131. The molecule has 1 heterocycles. The average molecular weight is 387 g/mol. The smallest absolute Gasteiger partial charge is 0.181 e. The van der Waals surface area contributed by atoms with Gasteiger partial charge in [0, 0.05) is 17.3 Å². The summed E-state index contributed by atoms with van der Waals surface area (Å²) in [7, 11) is 2.09. The summed E-state index contributed by atoms with van der Waals surface area (Å²) in [6.07, 6.45) is 5.67. The molecule has 4 heteroatoms. The number of hydrogen-bond donors (Lipinski definition) is 1. The van der Waals surface area contributed by atoms with Gasteiger partial charge >= 0.3 is 0 Å². The second-order valence-corrected chi connectivity index (χ2v) is 8.94. The van der Waals surface area contributed by atoms with E-state index in [2.05, 4.69) is 95.1 Å². The number of imidazole rings is 1. The van der Waals surface area contributed by atoms with Crippen LogP contribution >= 0.6 is 0 Å². The molecule has 0 aliphatic carbocycles. The van der Waals surface area contributed by atoms with Gasteiger partial charge in [0.15, 0.2) is 7.28 Å². The van der Waals surface area contributed by atoms with Crippen molar-refractivity contribution >= 4 is 18.8 Å². The van der Waals surface area contributed by atoms with Crippen LogP contribution in [-0.4, -0.2) is 22.8 Å². The highest BCUT2D eigenvalue weighted by Gasteiger charge is 2.13. The van der Waals surface area contributed by atoms with Gasteiger partial charge in [-0.25, -0.2) is 4.98 Å². The van der Waals surface area contributed by atoms with Crippen LogP contribution < -0.4 is 10.2 Å². The normalized spacial score (nSPS) is 11.7. The highest BCUT2D eigenvalue weighted by atomic mass is 16.5. The third-order valence-electron chi connectivity index (χ3n) is 3.99. The van der Waals surface area contributed by atoms with Crippen LogP contribution in [0.15, 0.2) is 73.1 Å². The summed E-state index contributed by atoms with van der Waals surface area (Å²) < 4.78 is 5.80. The highest BCUT2D eigenvalue weighted by Crippen LogP contribution is 2.18. The molecule has 0 spiro atoms. The molecule has 0 unspecified atom stereocenters. The highest BCUT2D eigenvalue weighted by molar-refractivity contribution is 6.59. The predicted molar refractivity (Wildman–Crippen MR) is 125 cm³/mol. The standard InChI is InChI=1S/C18H20BO.C7H12N2/c1-18(2,3)20-17-11-9-16(10-12-17)19-14-13-15-7-5-4-6-8-15;1-7(2,3)6-4-8-5-9-6/h4-14H,1-3H3;4-5H,1-3H3,(H,8,9). The summed E-state index contributed by atoms with van der Waals surface area (Å²) in [6, 6.07) is 18.4. The lowest BCUT2D eigenvalue weighted by Gasteiger charge is -2.21. The molecule has 0 saturated heterocycles. The van der Waals surface area contributed by atoms with Gasteiger partial charge in [-0.3, -0.25) is 0 Å². The van der Waals surface area contributed by atoms with Gasteiger partial charge < -0.3 is 9.72 Å². The zero-order chi connectivity index (χ0) is 21.3. The molecule has 1 N–H and O–H groups in total. The maximum Gasteiger partial charge on any atom is 0.181 e. The van der Waals surface area contributed by atoms with Crippen molar-refractivity contribution in [3.8, 4) is 5.75 Å². The first-order valence-corrected chi connectivity index (χ1v) is 9.98. The van der Waals surface area contributed by atoms with Gasteiger partial charge in [-0.1, -0.05) is 74.8 Å². The van der Waals surface area contributed by atoms with E-state index in [0.29, 0.717) is 0 Å². The molecule has 2 aromatic carbocycles. The molecule has 29 heavy (non-hydrogen) atoms. The van der Waals surface area contributed by atoms with Crippen molar-refractivity contribution < 1.29 is 4.74 Å². The van der Waals surface area contributed by atoms with Gasteiger partial charge in [-0.15, -0.1) is 5.98 Å². The summed E-state index contributed by atoms with van der Waals surface area (Å²) in [5.41, 5.74) is 3.60. The fraction of sp³-hybridized carbons (Fsp3) is 0.320. The Morgan fingerprint density at radius 3 is 2.03 bits per heavy atom. The number of rotatable bonds is 4. The second kappa shape index (κ2) is 10.2. The molecule has 0 saturated carbocycles. The molecular formula is C25H32BN2O. The van der Waals surface area contributed by atoms with Gasteiger partial charge in [0.25, 0.3) is 0 Å². The molecule has 1 aromatic heterocycles. The average Bonchev–Trinajstić information content (AvgIpc) is 3.19. The summed E-state index contributed by atoms with van der Waals surface area (Å²) in [5, 5.41) is 0. The SMILES string of the molecule is CC(C)(C)Oc1ccc([B]C=Cc2ccccc2)cc1.CC(C)(C)c1cnc[nH]1. The molecule has 0 bridgehead atoms. The summed E-state index contributed by atoms with van der Waals surface area (Å²) in [6.45, 7) is 12.6. The molecule has 151 valence electrons. The zero-order valence-electron chi connectivity index (χ0n) is 18.4. The van der Waals surface area contributed by atoms with E-state index in [0.717, 1.165) is 5.75 Å². The maximum absolute atomic E-state index is 5.80. The van der Waals surface area contributed by atoms with Crippen LogP contribution in [0.4, 0.5) is 0 Å². The van der Waals surface area contributed by atoms with E-state index in [1.165, 1.54) is 16.7 Å². The van der Waals surface area contributed by atoms with Crippen molar-refractivity contribution in [1.29, 1.82) is 0 Å². The molecule has 0 aliphatic rings. The largest absolute Gasteiger partial charge is 0.488 e. The Labute approximate surface area is 176 Å². The Bertz CT molecular complexity index is 856. The van der Waals surface area contributed by atoms with Crippen LogP contribution in [-0.2, 0) is 5.41 Å². The van der Waals surface area contributed by atoms with Crippen molar-refractivity contribution in [2.45, 2.75) is 52.6 Å². The quantitative estimate of drug-likeness (QED) is 0.594. The van der Waals surface area contributed by atoms with Crippen molar-refractivity contribution in [3.63, 3.8) is 0 Å². The number of ether oxygens (including phenoxy) is 1. The van der Waals surface area contributed by atoms with E-state index in [1.807, 2.05) is 36.5 Å². The van der Waals surface area contributed by atoms with Gasteiger partial charge in [0.2, 0.25) is 0 Å². The van der Waals surface area contributed by atoms with Crippen LogP contribution in [0.5, 0.6) is 5.75 Å². The fourth-order valence-corrected chi connectivity index (χ4v) is 2.50. The number of aromatic amines is 1. The molecule has 1 radical (unpaired) electrons. The van der Waals surface area contributed by atoms with Crippen LogP contribution in [0.25, 0.3) is 6.08 Å². The van der Waals surface area contributed by atoms with E-state index in [9.17, 15) is 0 Å². The molecular weight excluding hydrogens is 355 g/mol. The maximum atomic E-state index is 5.80. The fourth-order valence-electron chi connectivity index (χ4n) is 2.50. The van der Waals surface area contributed by atoms with Gasteiger partial charge in [0.1, 0.15) is 11.4 Å². The predicted octanol–water partition coefficient (Wildman–Crippen LogP) is 5.57. The van der Waals surface area contributed by atoms with Gasteiger partial charge in [-0.05, 0) is 38.5 Å². The molecule has 0 aliphatic heterocycles. The summed E-state index contributed by atoms with van der Waals surface area (Å²) >= 11 is 0. The first-order chi connectivity index (χ1) is 13.6.